The first-order valence-electron chi connectivity index (χ1n) is 8.60. The number of halogens is 2. The molecule has 0 saturated carbocycles. The molecule has 5 nitrogen and oxygen atoms in total. The zero-order valence-corrected chi connectivity index (χ0v) is 15.6. The van der Waals surface area contributed by atoms with E-state index in [0.717, 1.165) is 17.7 Å². The van der Waals surface area contributed by atoms with Crippen molar-refractivity contribution in [3.63, 3.8) is 0 Å². The Labute approximate surface area is 157 Å². The molecular formula is C19H20F2N2O3S. The van der Waals surface area contributed by atoms with Crippen LogP contribution in [-0.2, 0) is 14.8 Å². The third-order valence-corrected chi connectivity index (χ3v) is 6.53. The monoisotopic (exact) mass is 394 g/mol. The normalized spacial score (nSPS) is 16.3. The first-order valence-corrected chi connectivity index (χ1v) is 10.0. The van der Waals surface area contributed by atoms with E-state index in [9.17, 15) is 22.0 Å². The van der Waals surface area contributed by atoms with Crippen LogP contribution < -0.4 is 5.32 Å². The van der Waals surface area contributed by atoms with Gasteiger partial charge in [0, 0.05) is 30.8 Å². The third-order valence-electron chi connectivity index (χ3n) is 4.64. The lowest BCUT2D eigenvalue weighted by Gasteiger charge is -2.30. The number of amides is 1. The van der Waals surface area contributed by atoms with Crippen LogP contribution in [-0.4, -0.2) is 31.7 Å². The van der Waals surface area contributed by atoms with E-state index in [1.54, 1.807) is 18.2 Å². The Morgan fingerprint density at radius 3 is 2.41 bits per heavy atom. The first kappa shape index (κ1) is 19.4. The van der Waals surface area contributed by atoms with Crippen molar-refractivity contribution < 1.29 is 22.0 Å². The summed E-state index contributed by atoms with van der Waals surface area (Å²) < 4.78 is 53.0. The van der Waals surface area contributed by atoms with E-state index in [1.165, 1.54) is 10.4 Å². The first-order chi connectivity index (χ1) is 12.8. The van der Waals surface area contributed by atoms with Crippen molar-refractivity contribution >= 4 is 21.6 Å². The molecule has 2 aromatic rings. The van der Waals surface area contributed by atoms with E-state index >= 15 is 0 Å². The molecule has 0 aromatic heterocycles. The summed E-state index contributed by atoms with van der Waals surface area (Å²) in [6.07, 6.45) is 0.723. The topological polar surface area (TPSA) is 66.5 Å². The number of hydrogen-bond donors (Lipinski definition) is 1. The molecule has 0 bridgehead atoms. The van der Waals surface area contributed by atoms with Crippen molar-refractivity contribution in [2.24, 2.45) is 5.92 Å². The highest BCUT2D eigenvalue weighted by molar-refractivity contribution is 7.89. The molecule has 0 radical (unpaired) electrons. The number of aryl methyl sites for hydroxylation is 1. The highest BCUT2D eigenvalue weighted by atomic mass is 32.2. The second-order valence-electron chi connectivity index (χ2n) is 6.61. The van der Waals surface area contributed by atoms with Crippen LogP contribution in [0.1, 0.15) is 18.4 Å². The van der Waals surface area contributed by atoms with E-state index in [0.29, 0.717) is 12.8 Å². The molecule has 0 aliphatic carbocycles. The van der Waals surface area contributed by atoms with Crippen molar-refractivity contribution in [3.05, 3.63) is 59.7 Å². The maximum absolute atomic E-state index is 13.2. The standard InChI is InChI=1S/C19H20F2N2O3S/c1-13-3-2-4-16(11-13)27(25,26)23-9-7-14(8-10-23)19(24)22-15-5-6-17(20)18(21)12-15/h2-6,11-12,14H,7-10H2,1H3,(H,22,24). The van der Waals surface area contributed by atoms with Gasteiger partial charge >= 0.3 is 0 Å². The van der Waals surface area contributed by atoms with Crippen LogP contribution in [0.3, 0.4) is 0 Å². The zero-order chi connectivity index (χ0) is 19.6. The van der Waals surface area contributed by atoms with E-state index < -0.39 is 21.7 Å². The Hall–Kier alpha value is -2.32. The number of piperidine rings is 1. The Balaban J connectivity index is 1.62. The lowest BCUT2D eigenvalue weighted by molar-refractivity contribution is -0.120. The maximum atomic E-state index is 13.2. The fourth-order valence-corrected chi connectivity index (χ4v) is 4.68. The largest absolute Gasteiger partial charge is 0.326 e. The van der Waals surface area contributed by atoms with Gasteiger partial charge < -0.3 is 5.32 Å². The molecule has 27 heavy (non-hydrogen) atoms. The fourth-order valence-electron chi connectivity index (χ4n) is 3.10. The van der Waals surface area contributed by atoms with Gasteiger partial charge in [0.2, 0.25) is 15.9 Å². The Morgan fingerprint density at radius 1 is 1.07 bits per heavy atom. The number of sulfonamides is 1. The molecule has 144 valence electrons. The summed E-state index contributed by atoms with van der Waals surface area (Å²) in [4.78, 5) is 12.6. The van der Waals surface area contributed by atoms with E-state index in [1.807, 2.05) is 13.0 Å². The number of anilines is 1. The lowest BCUT2D eigenvalue weighted by Crippen LogP contribution is -2.41. The average molecular weight is 394 g/mol. The molecule has 0 spiro atoms. The van der Waals surface area contributed by atoms with Gasteiger partial charge in [-0.1, -0.05) is 12.1 Å². The number of carbonyl (C=O) groups excluding carboxylic acids is 1. The fraction of sp³-hybridized carbons (Fsp3) is 0.316. The molecule has 1 aliphatic heterocycles. The van der Waals surface area contributed by atoms with Crippen molar-refractivity contribution in [1.29, 1.82) is 0 Å². The van der Waals surface area contributed by atoms with Gasteiger partial charge in [-0.25, -0.2) is 17.2 Å². The molecule has 3 rings (SSSR count). The summed E-state index contributed by atoms with van der Waals surface area (Å²) in [6, 6.07) is 9.86. The highest BCUT2D eigenvalue weighted by Gasteiger charge is 2.32. The van der Waals surface area contributed by atoms with Crippen LogP contribution in [0.15, 0.2) is 47.4 Å². The summed E-state index contributed by atoms with van der Waals surface area (Å²) in [5.74, 6) is -2.73. The van der Waals surface area contributed by atoms with Crippen LogP contribution in [0.4, 0.5) is 14.5 Å². The van der Waals surface area contributed by atoms with Crippen molar-refractivity contribution in [2.45, 2.75) is 24.7 Å². The Morgan fingerprint density at radius 2 is 1.78 bits per heavy atom. The van der Waals surface area contributed by atoms with Gasteiger partial charge in [0.15, 0.2) is 11.6 Å². The van der Waals surface area contributed by atoms with Crippen molar-refractivity contribution in [1.82, 2.24) is 4.31 Å². The number of carbonyl (C=O) groups is 1. The third kappa shape index (κ3) is 4.33. The zero-order valence-electron chi connectivity index (χ0n) is 14.8. The van der Waals surface area contributed by atoms with Gasteiger partial charge in [-0.2, -0.15) is 4.31 Å². The quantitative estimate of drug-likeness (QED) is 0.865. The smallest absolute Gasteiger partial charge is 0.243 e. The second-order valence-corrected chi connectivity index (χ2v) is 8.55. The summed E-state index contributed by atoms with van der Waals surface area (Å²) >= 11 is 0. The molecular weight excluding hydrogens is 374 g/mol. The maximum Gasteiger partial charge on any atom is 0.243 e. The molecule has 1 aliphatic rings. The average Bonchev–Trinajstić information content (AvgIpc) is 2.65. The number of nitrogens with one attached hydrogen (secondary N) is 1. The number of benzene rings is 2. The van der Waals surface area contributed by atoms with Crippen molar-refractivity contribution in [3.8, 4) is 0 Å². The van der Waals surface area contributed by atoms with Crippen LogP contribution in [0.2, 0.25) is 0 Å². The Bertz CT molecular complexity index is 955. The van der Waals surface area contributed by atoms with Gasteiger partial charge in [-0.05, 0) is 49.6 Å². The van der Waals surface area contributed by atoms with Crippen molar-refractivity contribution in [2.75, 3.05) is 18.4 Å². The Kier molecular flexibility index (Phi) is 5.57. The molecule has 0 unspecified atom stereocenters. The van der Waals surface area contributed by atoms with Gasteiger partial charge in [0.1, 0.15) is 0 Å². The van der Waals surface area contributed by atoms with E-state index in [-0.39, 0.29) is 35.5 Å². The number of nitrogens with zero attached hydrogens (tertiary/aromatic N) is 1. The molecule has 1 heterocycles. The summed E-state index contributed by atoms with van der Waals surface area (Å²) in [7, 11) is -3.59. The van der Waals surface area contributed by atoms with Crippen LogP contribution in [0, 0.1) is 24.5 Å². The van der Waals surface area contributed by atoms with Crippen LogP contribution >= 0.6 is 0 Å². The van der Waals surface area contributed by atoms with E-state index in [2.05, 4.69) is 5.32 Å². The van der Waals surface area contributed by atoms with Gasteiger partial charge in [0.05, 0.1) is 4.90 Å². The van der Waals surface area contributed by atoms with Crippen LogP contribution in [0.5, 0.6) is 0 Å². The molecule has 1 N–H and O–H groups in total. The van der Waals surface area contributed by atoms with Gasteiger partial charge in [-0.15, -0.1) is 0 Å². The molecule has 0 atom stereocenters. The molecule has 8 heteroatoms. The summed E-state index contributed by atoms with van der Waals surface area (Å²) in [6.45, 7) is 2.28. The van der Waals surface area contributed by atoms with Gasteiger partial charge in [-0.3, -0.25) is 4.79 Å². The molecule has 2 aromatic carbocycles. The molecule has 1 amide bonds. The molecule has 1 saturated heterocycles. The number of rotatable bonds is 4. The SMILES string of the molecule is Cc1cccc(S(=O)(=O)N2CCC(C(=O)Nc3ccc(F)c(F)c3)CC2)c1. The second kappa shape index (κ2) is 7.74. The van der Waals surface area contributed by atoms with E-state index in [4.69, 9.17) is 0 Å². The number of hydrogen-bond acceptors (Lipinski definition) is 3. The minimum atomic E-state index is -3.59. The molecule has 1 fully saturated rings. The highest BCUT2D eigenvalue weighted by Crippen LogP contribution is 2.25. The lowest BCUT2D eigenvalue weighted by atomic mass is 9.97. The minimum Gasteiger partial charge on any atom is -0.326 e. The predicted molar refractivity (Wildman–Crippen MR) is 97.6 cm³/mol. The summed E-state index contributed by atoms with van der Waals surface area (Å²) in [5, 5.41) is 2.56. The predicted octanol–water partition coefficient (Wildman–Crippen LogP) is 3.31. The van der Waals surface area contributed by atoms with Gasteiger partial charge in [0.25, 0.3) is 0 Å². The summed E-state index contributed by atoms with van der Waals surface area (Å²) in [5.41, 5.74) is 1.03. The minimum absolute atomic E-state index is 0.175. The van der Waals surface area contributed by atoms with Crippen LogP contribution in [0.25, 0.3) is 0 Å².